The average Bonchev–Trinajstić information content (AvgIpc) is 2.10. The number of ether oxygens (including phenoxy) is 1. The second-order valence-corrected chi connectivity index (χ2v) is 2.49. The summed E-state index contributed by atoms with van der Waals surface area (Å²) >= 11 is 0. The normalized spacial score (nSPS) is 12.2. The number of carbonyl (C=O) groups excluding carboxylic acids is 1. The Hall–Kier alpha value is -1.14. The first kappa shape index (κ1) is 11.9. The highest BCUT2D eigenvalue weighted by atomic mass is 16.5. The van der Waals surface area contributed by atoms with Crippen LogP contribution in [0, 0.1) is 0 Å². The van der Waals surface area contributed by atoms with Gasteiger partial charge in [0.25, 0.3) is 0 Å². The molecule has 0 spiro atoms. The van der Waals surface area contributed by atoms with Crippen LogP contribution in [0.1, 0.15) is 12.8 Å². The van der Waals surface area contributed by atoms with Gasteiger partial charge in [0.1, 0.15) is 12.6 Å². The molecule has 1 atom stereocenters. The van der Waals surface area contributed by atoms with Crippen molar-refractivity contribution < 1.29 is 19.4 Å². The third-order valence-electron chi connectivity index (χ3n) is 1.36. The molecule has 0 aromatic heterocycles. The molecule has 0 aliphatic heterocycles. The lowest BCUT2D eigenvalue weighted by Crippen LogP contribution is -2.30. The number of carboxylic acid groups (broad SMARTS) is 1. The Morgan fingerprint density at radius 3 is 2.54 bits per heavy atom. The van der Waals surface area contributed by atoms with E-state index >= 15 is 0 Å². The summed E-state index contributed by atoms with van der Waals surface area (Å²) in [6.45, 7) is 0.415. The lowest BCUT2D eigenvalue weighted by Gasteiger charge is -2.05. The predicted octanol–water partition coefficient (Wildman–Crippen LogP) is -1.32. The molecule has 0 aliphatic carbocycles. The van der Waals surface area contributed by atoms with Crippen molar-refractivity contribution in [2.24, 2.45) is 11.5 Å². The predicted molar refractivity (Wildman–Crippen MR) is 44.9 cm³/mol. The van der Waals surface area contributed by atoms with Gasteiger partial charge in [0.2, 0.25) is 0 Å². The molecule has 0 fully saturated rings. The standard InChI is InChI=1S/C7H14N2O4/c8-3-4-13-6(10)2-1-5(9)7(11)12/h5H,1-4,8-9H2,(H,11,12)/t5-/m0/s1. The van der Waals surface area contributed by atoms with E-state index in [0.717, 1.165) is 0 Å². The molecule has 0 saturated heterocycles. The Bertz CT molecular complexity index is 183. The van der Waals surface area contributed by atoms with Crippen LogP contribution in [0.4, 0.5) is 0 Å². The molecule has 0 rings (SSSR count). The minimum atomic E-state index is -1.12. The number of hydrogen-bond donors (Lipinski definition) is 3. The Kier molecular flexibility index (Phi) is 5.82. The van der Waals surface area contributed by atoms with E-state index < -0.39 is 18.0 Å². The number of esters is 1. The maximum absolute atomic E-state index is 10.8. The smallest absolute Gasteiger partial charge is 0.320 e. The monoisotopic (exact) mass is 190 g/mol. The number of hydrogen-bond acceptors (Lipinski definition) is 5. The van der Waals surface area contributed by atoms with Gasteiger partial charge in [-0.1, -0.05) is 0 Å². The molecule has 0 heterocycles. The Balaban J connectivity index is 3.52. The fourth-order valence-corrected chi connectivity index (χ4v) is 0.642. The van der Waals surface area contributed by atoms with E-state index in [1.54, 1.807) is 0 Å². The zero-order chi connectivity index (χ0) is 10.3. The summed E-state index contributed by atoms with van der Waals surface area (Å²) < 4.78 is 4.61. The van der Waals surface area contributed by atoms with Gasteiger partial charge < -0.3 is 21.3 Å². The second kappa shape index (κ2) is 6.38. The van der Waals surface area contributed by atoms with E-state index in [4.69, 9.17) is 16.6 Å². The third-order valence-corrected chi connectivity index (χ3v) is 1.36. The molecule has 76 valence electrons. The molecule has 6 heteroatoms. The molecule has 13 heavy (non-hydrogen) atoms. The van der Waals surface area contributed by atoms with Gasteiger partial charge in [-0.3, -0.25) is 9.59 Å². The SMILES string of the molecule is NCCOC(=O)CC[C@H](N)C(=O)O. The first-order chi connectivity index (χ1) is 6.07. The molecule has 6 nitrogen and oxygen atoms in total. The van der Waals surface area contributed by atoms with Crippen molar-refractivity contribution in [2.45, 2.75) is 18.9 Å². The number of nitrogens with two attached hydrogens (primary N) is 2. The van der Waals surface area contributed by atoms with Crippen molar-refractivity contribution in [3.63, 3.8) is 0 Å². The van der Waals surface area contributed by atoms with Gasteiger partial charge in [-0.05, 0) is 6.42 Å². The van der Waals surface area contributed by atoms with Gasteiger partial charge in [0.15, 0.2) is 0 Å². The van der Waals surface area contributed by atoms with Crippen LogP contribution in [-0.2, 0) is 14.3 Å². The number of carbonyl (C=O) groups is 2. The molecule has 0 aromatic rings. The molecule has 0 unspecified atom stereocenters. The zero-order valence-electron chi connectivity index (χ0n) is 7.23. The van der Waals surface area contributed by atoms with Crippen molar-refractivity contribution in [2.75, 3.05) is 13.2 Å². The van der Waals surface area contributed by atoms with Crippen LogP contribution in [0.3, 0.4) is 0 Å². The van der Waals surface area contributed by atoms with Crippen LogP contribution >= 0.6 is 0 Å². The van der Waals surface area contributed by atoms with Gasteiger partial charge >= 0.3 is 11.9 Å². The second-order valence-electron chi connectivity index (χ2n) is 2.49. The summed E-state index contributed by atoms with van der Waals surface area (Å²) in [4.78, 5) is 21.0. The quantitative estimate of drug-likeness (QED) is 0.447. The van der Waals surface area contributed by atoms with Gasteiger partial charge in [-0.15, -0.1) is 0 Å². The molecule has 0 aliphatic rings. The van der Waals surface area contributed by atoms with Gasteiger partial charge in [0, 0.05) is 13.0 Å². The molecule has 0 amide bonds. The highest BCUT2D eigenvalue weighted by Gasteiger charge is 2.13. The summed E-state index contributed by atoms with van der Waals surface area (Å²) in [5, 5.41) is 8.37. The number of carboxylic acids is 1. The topological polar surface area (TPSA) is 116 Å². The van der Waals surface area contributed by atoms with Crippen LogP contribution in [-0.4, -0.2) is 36.2 Å². The van der Waals surface area contributed by atoms with Crippen LogP contribution in [0.5, 0.6) is 0 Å². The molecular weight excluding hydrogens is 176 g/mol. The van der Waals surface area contributed by atoms with E-state index in [1.807, 2.05) is 0 Å². The molecule has 0 bridgehead atoms. The average molecular weight is 190 g/mol. The molecule has 0 radical (unpaired) electrons. The van der Waals surface area contributed by atoms with Crippen LogP contribution < -0.4 is 11.5 Å². The largest absolute Gasteiger partial charge is 0.480 e. The van der Waals surface area contributed by atoms with E-state index in [9.17, 15) is 9.59 Å². The fraction of sp³-hybridized carbons (Fsp3) is 0.714. The molecular formula is C7H14N2O4. The first-order valence-electron chi connectivity index (χ1n) is 3.92. The van der Waals surface area contributed by atoms with E-state index in [-0.39, 0.29) is 26.0 Å². The minimum absolute atomic E-state index is 0.00741. The molecule has 0 aromatic carbocycles. The van der Waals surface area contributed by atoms with Gasteiger partial charge in [0.05, 0.1) is 0 Å². The van der Waals surface area contributed by atoms with Crippen molar-refractivity contribution in [3.8, 4) is 0 Å². The van der Waals surface area contributed by atoms with Gasteiger partial charge in [-0.2, -0.15) is 0 Å². The van der Waals surface area contributed by atoms with Crippen molar-refractivity contribution >= 4 is 11.9 Å². The lowest BCUT2D eigenvalue weighted by molar-refractivity contribution is -0.144. The lowest BCUT2D eigenvalue weighted by atomic mass is 10.2. The highest BCUT2D eigenvalue weighted by Crippen LogP contribution is 1.96. The summed E-state index contributed by atoms with van der Waals surface area (Å²) in [5.41, 5.74) is 10.2. The van der Waals surface area contributed by atoms with Crippen LogP contribution in [0.15, 0.2) is 0 Å². The zero-order valence-corrected chi connectivity index (χ0v) is 7.23. The Labute approximate surface area is 75.8 Å². The summed E-state index contributed by atoms with van der Waals surface area (Å²) in [5.74, 6) is -1.59. The van der Waals surface area contributed by atoms with Crippen LogP contribution in [0.2, 0.25) is 0 Å². The first-order valence-corrected chi connectivity index (χ1v) is 3.92. The molecule has 0 saturated carbocycles. The van der Waals surface area contributed by atoms with Crippen LogP contribution in [0.25, 0.3) is 0 Å². The van der Waals surface area contributed by atoms with E-state index in [2.05, 4.69) is 4.74 Å². The summed E-state index contributed by atoms with van der Waals surface area (Å²) in [6.07, 6.45) is 0.0895. The third kappa shape index (κ3) is 6.06. The van der Waals surface area contributed by atoms with E-state index in [1.165, 1.54) is 0 Å². The Morgan fingerprint density at radius 1 is 1.46 bits per heavy atom. The molecule has 5 N–H and O–H groups in total. The number of rotatable bonds is 6. The summed E-state index contributed by atoms with van der Waals surface area (Å²) in [7, 11) is 0. The maximum Gasteiger partial charge on any atom is 0.320 e. The minimum Gasteiger partial charge on any atom is -0.480 e. The van der Waals surface area contributed by atoms with Gasteiger partial charge in [-0.25, -0.2) is 0 Å². The highest BCUT2D eigenvalue weighted by molar-refractivity contribution is 5.75. The Morgan fingerprint density at radius 2 is 2.08 bits per heavy atom. The van der Waals surface area contributed by atoms with E-state index in [0.29, 0.717) is 0 Å². The summed E-state index contributed by atoms with van der Waals surface area (Å²) in [6, 6.07) is -1.01. The fourth-order valence-electron chi connectivity index (χ4n) is 0.642. The number of aliphatic carboxylic acids is 1. The van der Waals surface area contributed by atoms with Crippen molar-refractivity contribution in [1.82, 2.24) is 0 Å². The van der Waals surface area contributed by atoms with Crippen molar-refractivity contribution in [3.05, 3.63) is 0 Å². The van der Waals surface area contributed by atoms with Crippen molar-refractivity contribution in [1.29, 1.82) is 0 Å². The maximum atomic E-state index is 10.8.